The van der Waals surface area contributed by atoms with E-state index in [1.165, 1.54) is 0 Å². The summed E-state index contributed by atoms with van der Waals surface area (Å²) in [4.78, 5) is 11.4. The van der Waals surface area contributed by atoms with E-state index in [9.17, 15) is 4.79 Å². The summed E-state index contributed by atoms with van der Waals surface area (Å²) in [6, 6.07) is 7.71. The molecule has 0 unspecified atom stereocenters. The van der Waals surface area contributed by atoms with Crippen LogP contribution < -0.4 is 0 Å². The molecule has 0 fully saturated rings. The van der Waals surface area contributed by atoms with Crippen molar-refractivity contribution >= 4 is 16.8 Å². The van der Waals surface area contributed by atoms with Gasteiger partial charge in [-0.2, -0.15) is 0 Å². The van der Waals surface area contributed by atoms with Gasteiger partial charge in [-0.05, 0) is 18.6 Å². The van der Waals surface area contributed by atoms with Gasteiger partial charge in [0.05, 0.1) is 0 Å². The molecule has 14 heavy (non-hydrogen) atoms. The fraction of sp³-hybridized carbons (Fsp3) is 0.250. The zero-order valence-electron chi connectivity index (χ0n) is 8.33. The lowest BCUT2D eigenvalue weighted by molar-refractivity contribution is 0.0963. The molecule has 2 heteroatoms. The van der Waals surface area contributed by atoms with Crippen molar-refractivity contribution in [3.63, 3.8) is 0 Å². The quantitative estimate of drug-likeness (QED) is 0.676. The van der Waals surface area contributed by atoms with Crippen molar-refractivity contribution < 1.29 is 9.21 Å². The van der Waals surface area contributed by atoms with Crippen molar-refractivity contribution in [2.24, 2.45) is 0 Å². The Morgan fingerprint density at radius 3 is 2.86 bits per heavy atom. The molecule has 0 radical (unpaired) electrons. The van der Waals surface area contributed by atoms with Gasteiger partial charge in [-0.1, -0.05) is 25.1 Å². The maximum atomic E-state index is 11.4. The number of carbonyl (C=O) groups excluding carboxylic acids is 1. The van der Waals surface area contributed by atoms with Crippen molar-refractivity contribution in [3.8, 4) is 0 Å². The molecule has 1 aromatic carbocycles. The van der Waals surface area contributed by atoms with E-state index in [1.807, 2.05) is 38.1 Å². The molecular weight excluding hydrogens is 176 g/mol. The molecule has 0 N–H and O–H groups in total. The molecule has 0 amide bonds. The predicted molar refractivity (Wildman–Crippen MR) is 55.6 cm³/mol. The first-order valence-electron chi connectivity index (χ1n) is 4.74. The van der Waals surface area contributed by atoms with Crippen LogP contribution >= 0.6 is 0 Å². The Hall–Kier alpha value is -1.57. The van der Waals surface area contributed by atoms with Crippen molar-refractivity contribution in [3.05, 3.63) is 35.6 Å². The molecule has 0 bridgehead atoms. The molecular formula is C12H12O2. The van der Waals surface area contributed by atoms with Gasteiger partial charge in [0, 0.05) is 11.8 Å². The Morgan fingerprint density at radius 2 is 2.21 bits per heavy atom. The molecule has 0 saturated heterocycles. The van der Waals surface area contributed by atoms with E-state index < -0.39 is 0 Å². The number of aryl methyl sites for hydroxylation is 1. The molecule has 0 aliphatic heterocycles. The lowest BCUT2D eigenvalue weighted by atomic mass is 10.1. The SMILES string of the molecule is CCC(=O)c1cc2cccc(C)c2o1. The van der Waals surface area contributed by atoms with Crippen molar-refractivity contribution in [2.75, 3.05) is 0 Å². The van der Waals surface area contributed by atoms with Gasteiger partial charge in [-0.15, -0.1) is 0 Å². The number of furan rings is 1. The first-order chi connectivity index (χ1) is 6.72. The molecule has 0 aliphatic rings. The van der Waals surface area contributed by atoms with Gasteiger partial charge in [0.15, 0.2) is 11.5 Å². The van der Waals surface area contributed by atoms with Crippen molar-refractivity contribution in [1.29, 1.82) is 0 Å². The van der Waals surface area contributed by atoms with E-state index in [1.54, 1.807) is 0 Å². The predicted octanol–water partition coefficient (Wildman–Crippen LogP) is 3.33. The highest BCUT2D eigenvalue weighted by Gasteiger charge is 2.10. The van der Waals surface area contributed by atoms with Crippen LogP contribution in [0.15, 0.2) is 28.7 Å². The number of rotatable bonds is 2. The third-order valence-electron chi connectivity index (χ3n) is 2.34. The summed E-state index contributed by atoms with van der Waals surface area (Å²) in [5.74, 6) is 0.525. The second-order valence-electron chi connectivity index (χ2n) is 3.38. The van der Waals surface area contributed by atoms with E-state index in [-0.39, 0.29) is 5.78 Å². The van der Waals surface area contributed by atoms with Crippen LogP contribution in [0.25, 0.3) is 11.0 Å². The Labute approximate surface area is 82.5 Å². The van der Waals surface area contributed by atoms with Gasteiger partial charge in [0.25, 0.3) is 0 Å². The van der Waals surface area contributed by atoms with E-state index in [0.29, 0.717) is 12.2 Å². The Bertz CT molecular complexity index is 480. The second kappa shape index (κ2) is 3.29. The van der Waals surface area contributed by atoms with Crippen molar-refractivity contribution in [1.82, 2.24) is 0 Å². The van der Waals surface area contributed by atoms with Crippen LogP contribution in [-0.2, 0) is 0 Å². The third kappa shape index (κ3) is 1.33. The van der Waals surface area contributed by atoms with Gasteiger partial charge in [-0.25, -0.2) is 0 Å². The molecule has 2 rings (SSSR count). The molecule has 0 spiro atoms. The van der Waals surface area contributed by atoms with Crippen LogP contribution in [0, 0.1) is 6.92 Å². The number of carbonyl (C=O) groups is 1. The van der Waals surface area contributed by atoms with Gasteiger partial charge >= 0.3 is 0 Å². The summed E-state index contributed by atoms with van der Waals surface area (Å²) >= 11 is 0. The summed E-state index contributed by atoms with van der Waals surface area (Å²) in [5, 5.41) is 1.00. The largest absolute Gasteiger partial charge is 0.453 e. The van der Waals surface area contributed by atoms with E-state index in [4.69, 9.17) is 4.42 Å². The molecule has 0 saturated carbocycles. The van der Waals surface area contributed by atoms with Crippen LogP contribution in [0.5, 0.6) is 0 Å². The first kappa shape index (κ1) is 9.00. The fourth-order valence-corrected chi connectivity index (χ4v) is 1.52. The molecule has 72 valence electrons. The van der Waals surface area contributed by atoms with Crippen LogP contribution in [0.1, 0.15) is 29.5 Å². The van der Waals surface area contributed by atoms with E-state index >= 15 is 0 Å². The Kier molecular flexibility index (Phi) is 2.12. The number of ketones is 1. The summed E-state index contributed by atoms with van der Waals surface area (Å²) in [5.41, 5.74) is 1.89. The number of hydrogen-bond acceptors (Lipinski definition) is 2. The minimum absolute atomic E-state index is 0.0561. The first-order valence-corrected chi connectivity index (χ1v) is 4.74. The number of para-hydroxylation sites is 1. The highest BCUT2D eigenvalue weighted by molar-refractivity contribution is 5.97. The summed E-state index contributed by atoms with van der Waals surface area (Å²) in [7, 11) is 0. The zero-order valence-corrected chi connectivity index (χ0v) is 8.33. The molecule has 0 atom stereocenters. The summed E-state index contributed by atoms with van der Waals surface area (Å²) in [6.45, 7) is 3.81. The van der Waals surface area contributed by atoms with Gasteiger partial charge < -0.3 is 4.42 Å². The Morgan fingerprint density at radius 1 is 1.43 bits per heavy atom. The molecule has 1 heterocycles. The number of Topliss-reactive ketones (excluding diaryl/α,β-unsaturated/α-hetero) is 1. The topological polar surface area (TPSA) is 30.2 Å². The van der Waals surface area contributed by atoms with Gasteiger partial charge in [0.1, 0.15) is 5.58 Å². The van der Waals surface area contributed by atoms with E-state index in [2.05, 4.69) is 0 Å². The standard InChI is InChI=1S/C12H12O2/c1-3-10(13)11-7-9-6-4-5-8(2)12(9)14-11/h4-7H,3H2,1-2H3. The summed E-state index contributed by atoms with van der Waals surface area (Å²) in [6.07, 6.45) is 0.485. The summed E-state index contributed by atoms with van der Waals surface area (Å²) < 4.78 is 5.50. The highest BCUT2D eigenvalue weighted by atomic mass is 16.3. The number of hydrogen-bond donors (Lipinski definition) is 0. The van der Waals surface area contributed by atoms with Gasteiger partial charge in [-0.3, -0.25) is 4.79 Å². The molecule has 2 aromatic rings. The number of fused-ring (bicyclic) bond motifs is 1. The monoisotopic (exact) mass is 188 g/mol. The maximum absolute atomic E-state index is 11.4. The lowest BCUT2D eigenvalue weighted by Crippen LogP contribution is -1.92. The Balaban J connectivity index is 2.62. The molecule has 0 aliphatic carbocycles. The molecule has 1 aromatic heterocycles. The van der Waals surface area contributed by atoms with Crippen molar-refractivity contribution in [2.45, 2.75) is 20.3 Å². The average Bonchev–Trinajstić information content (AvgIpc) is 2.62. The maximum Gasteiger partial charge on any atom is 0.197 e. The van der Waals surface area contributed by atoms with E-state index in [0.717, 1.165) is 16.5 Å². The van der Waals surface area contributed by atoms with Crippen LogP contribution in [0.4, 0.5) is 0 Å². The van der Waals surface area contributed by atoms with Crippen LogP contribution in [0.3, 0.4) is 0 Å². The lowest BCUT2D eigenvalue weighted by Gasteiger charge is -1.92. The third-order valence-corrected chi connectivity index (χ3v) is 2.34. The smallest absolute Gasteiger partial charge is 0.197 e. The number of benzene rings is 1. The highest BCUT2D eigenvalue weighted by Crippen LogP contribution is 2.23. The second-order valence-corrected chi connectivity index (χ2v) is 3.38. The molecule has 2 nitrogen and oxygen atoms in total. The van der Waals surface area contributed by atoms with Gasteiger partial charge in [0.2, 0.25) is 0 Å². The van der Waals surface area contributed by atoms with Crippen LogP contribution in [0.2, 0.25) is 0 Å². The zero-order chi connectivity index (χ0) is 10.1. The minimum atomic E-state index is 0.0561. The van der Waals surface area contributed by atoms with Crippen LogP contribution in [-0.4, -0.2) is 5.78 Å². The average molecular weight is 188 g/mol. The normalized spacial score (nSPS) is 10.7. The minimum Gasteiger partial charge on any atom is -0.453 e. The fourth-order valence-electron chi connectivity index (χ4n) is 1.52.